The molecule has 0 saturated carbocycles. The third-order valence-corrected chi connectivity index (χ3v) is 12.8. The van der Waals surface area contributed by atoms with Gasteiger partial charge in [0.05, 0.1) is 0 Å². The number of rotatable bonds is 13. The van der Waals surface area contributed by atoms with E-state index in [-0.39, 0.29) is 30.7 Å². The molecule has 0 saturated heterocycles. The predicted molar refractivity (Wildman–Crippen MR) is 118 cm³/mol. The van der Waals surface area contributed by atoms with Gasteiger partial charge in [0, 0.05) is 22.7 Å². The van der Waals surface area contributed by atoms with Crippen molar-refractivity contribution in [2.45, 2.75) is 77.7 Å². The fraction of sp³-hybridized carbons (Fsp3) is 1.00. The lowest BCUT2D eigenvalue weighted by molar-refractivity contribution is 0.137. The van der Waals surface area contributed by atoms with Crippen molar-refractivity contribution >= 4 is 60.8 Å². The highest BCUT2D eigenvalue weighted by Crippen LogP contribution is 2.43. The zero-order chi connectivity index (χ0) is 16.9. The zero-order valence-corrected chi connectivity index (χ0v) is 21.2. The van der Waals surface area contributed by atoms with Gasteiger partial charge in [-0.15, -0.1) is 0 Å². The Hall–Kier alpha value is 1.75. The molecule has 0 aromatic rings. The minimum atomic E-state index is -0.302. The summed E-state index contributed by atoms with van der Waals surface area (Å²) in [6.45, 7) is 12.9. The normalized spacial score (nSPS) is 13.9. The molecule has 0 aliphatic rings. The van der Waals surface area contributed by atoms with Gasteiger partial charge < -0.3 is 8.85 Å². The van der Waals surface area contributed by atoms with Gasteiger partial charge in [-0.1, -0.05) is 21.6 Å². The summed E-state index contributed by atoms with van der Waals surface area (Å²) in [5.41, 5.74) is 0.142. The van der Waals surface area contributed by atoms with Crippen LogP contribution in [0.3, 0.4) is 0 Å². The van der Waals surface area contributed by atoms with E-state index in [0.29, 0.717) is 0 Å². The average Bonchev–Trinajstić information content (AvgIpc) is 2.36. The number of hydrogen-bond acceptors (Lipinski definition) is 6. The van der Waals surface area contributed by atoms with Crippen molar-refractivity contribution in [3.63, 3.8) is 0 Å². The summed E-state index contributed by atoms with van der Waals surface area (Å²) in [6.07, 6.45) is 2.61. The van der Waals surface area contributed by atoms with E-state index < -0.39 is 0 Å². The Morgan fingerprint density at radius 3 is 1.36 bits per heavy atom. The van der Waals surface area contributed by atoms with E-state index in [0.717, 1.165) is 0 Å². The van der Waals surface area contributed by atoms with Crippen molar-refractivity contribution in [2.24, 2.45) is 0 Å². The van der Waals surface area contributed by atoms with Crippen LogP contribution < -0.4 is 0 Å². The summed E-state index contributed by atoms with van der Waals surface area (Å²) >= 11 is 0. The highest BCUT2D eigenvalue weighted by molar-refractivity contribution is 9.26. The molecule has 0 bridgehead atoms. The van der Waals surface area contributed by atoms with Crippen LogP contribution in [-0.4, -0.2) is 42.2 Å². The van der Waals surface area contributed by atoms with E-state index in [1.54, 1.807) is 0 Å². The Kier molecular flexibility index (Phi) is 15.1. The summed E-state index contributed by atoms with van der Waals surface area (Å²) < 4.78 is 11.7. The first-order chi connectivity index (χ1) is 10.2. The molecular weight excluding hydrogens is 385 g/mol. The monoisotopic (exact) mass is 418 g/mol. The van der Waals surface area contributed by atoms with Crippen molar-refractivity contribution in [1.29, 1.82) is 0 Å². The van der Waals surface area contributed by atoms with Crippen molar-refractivity contribution in [3.8, 4) is 0 Å². The second kappa shape index (κ2) is 14.0. The van der Waals surface area contributed by atoms with Gasteiger partial charge in [-0.25, -0.2) is 0 Å². The van der Waals surface area contributed by atoms with E-state index in [1.807, 2.05) is 41.2 Å². The van der Waals surface area contributed by atoms with Crippen LogP contribution in [0.4, 0.5) is 0 Å². The SMILES string of the molecule is CC(C)(C)O[SiH2]CCCSSSSCCC[SiH2]OC(C)(C)C. The second-order valence-corrected chi connectivity index (χ2v) is 16.2. The lowest BCUT2D eigenvalue weighted by atomic mass is 10.2. The van der Waals surface area contributed by atoms with Crippen molar-refractivity contribution in [2.75, 3.05) is 11.5 Å². The van der Waals surface area contributed by atoms with Gasteiger partial charge in [-0.2, -0.15) is 0 Å². The van der Waals surface area contributed by atoms with E-state index in [9.17, 15) is 0 Å². The maximum atomic E-state index is 5.85. The van der Waals surface area contributed by atoms with Gasteiger partial charge in [0.15, 0.2) is 19.5 Å². The third-order valence-electron chi connectivity index (χ3n) is 2.44. The fourth-order valence-electron chi connectivity index (χ4n) is 1.39. The second-order valence-electron chi connectivity index (χ2n) is 7.12. The molecule has 0 aromatic heterocycles. The van der Waals surface area contributed by atoms with Crippen LogP contribution in [0.25, 0.3) is 0 Å². The highest BCUT2D eigenvalue weighted by atomic mass is 33.7. The molecule has 0 radical (unpaired) electrons. The van der Waals surface area contributed by atoms with E-state index in [2.05, 4.69) is 41.5 Å². The molecular formula is C14H34O2S4Si2. The van der Waals surface area contributed by atoms with Crippen molar-refractivity contribution < 1.29 is 8.85 Å². The largest absolute Gasteiger partial charge is 0.419 e. The molecule has 0 rings (SSSR count). The van der Waals surface area contributed by atoms with Crippen LogP contribution in [-0.2, 0) is 8.85 Å². The average molecular weight is 419 g/mol. The quantitative estimate of drug-likeness (QED) is 0.234. The van der Waals surface area contributed by atoms with Crippen LogP contribution in [0, 0.1) is 0 Å². The Labute approximate surface area is 158 Å². The molecule has 8 heteroatoms. The van der Waals surface area contributed by atoms with Crippen LogP contribution in [0.1, 0.15) is 54.4 Å². The summed E-state index contributed by atoms with van der Waals surface area (Å²) in [7, 11) is 7.25. The molecule has 0 heterocycles. The fourth-order valence-corrected chi connectivity index (χ4v) is 10.8. The topological polar surface area (TPSA) is 18.5 Å². The van der Waals surface area contributed by atoms with Crippen LogP contribution in [0.15, 0.2) is 0 Å². The molecule has 0 aliphatic heterocycles. The summed E-state index contributed by atoms with van der Waals surface area (Å²) in [5, 5.41) is 0. The molecule has 0 N–H and O–H groups in total. The minimum Gasteiger partial charge on any atom is -0.419 e. The molecule has 134 valence electrons. The third kappa shape index (κ3) is 21.8. The van der Waals surface area contributed by atoms with Crippen molar-refractivity contribution in [3.05, 3.63) is 0 Å². The lowest BCUT2D eigenvalue weighted by Gasteiger charge is -2.19. The molecule has 0 aliphatic carbocycles. The van der Waals surface area contributed by atoms with Gasteiger partial charge >= 0.3 is 0 Å². The smallest absolute Gasteiger partial charge is 0.162 e. The van der Waals surface area contributed by atoms with E-state index in [4.69, 9.17) is 8.85 Å². The molecule has 0 amide bonds. The minimum absolute atomic E-state index is 0.0708. The van der Waals surface area contributed by atoms with Gasteiger partial charge in [0.1, 0.15) is 0 Å². The highest BCUT2D eigenvalue weighted by Gasteiger charge is 2.09. The van der Waals surface area contributed by atoms with Crippen LogP contribution in [0.2, 0.25) is 12.1 Å². The Morgan fingerprint density at radius 2 is 1.05 bits per heavy atom. The predicted octanol–water partition coefficient (Wildman–Crippen LogP) is 5.08. The Balaban J connectivity index is 3.09. The van der Waals surface area contributed by atoms with Gasteiger partial charge in [0.25, 0.3) is 0 Å². The molecule has 0 atom stereocenters. The van der Waals surface area contributed by atoms with Gasteiger partial charge in [-0.3, -0.25) is 0 Å². The van der Waals surface area contributed by atoms with Gasteiger partial charge in [0.2, 0.25) is 0 Å². The molecule has 0 fully saturated rings. The molecule has 0 unspecified atom stereocenters. The first-order valence-electron chi connectivity index (χ1n) is 8.06. The first kappa shape index (κ1) is 23.8. The molecule has 0 aromatic carbocycles. The van der Waals surface area contributed by atoms with Gasteiger partial charge in [-0.05, 0) is 86.1 Å². The van der Waals surface area contributed by atoms with Crippen LogP contribution >= 0.6 is 41.2 Å². The first-order valence-corrected chi connectivity index (χ1v) is 16.4. The Morgan fingerprint density at radius 1 is 0.682 bits per heavy atom. The molecule has 0 spiro atoms. The van der Waals surface area contributed by atoms with Crippen molar-refractivity contribution in [1.82, 2.24) is 0 Å². The summed E-state index contributed by atoms with van der Waals surface area (Å²) in [6, 6.07) is 2.61. The molecule has 2 nitrogen and oxygen atoms in total. The summed E-state index contributed by atoms with van der Waals surface area (Å²) in [5.74, 6) is 2.51. The molecule has 22 heavy (non-hydrogen) atoms. The lowest BCUT2D eigenvalue weighted by Crippen LogP contribution is -2.21. The Bertz CT molecular complexity index is 232. The number of hydrogen-bond donors (Lipinski definition) is 0. The maximum Gasteiger partial charge on any atom is 0.162 e. The standard InChI is InChI=1S/C14H34O2S4Si2/c1-13(2,3)15-21-11-7-9-17-19-20-18-10-8-12-22-16-14(4,5)6/h7-12,21-22H2,1-6H3. The van der Waals surface area contributed by atoms with E-state index >= 15 is 0 Å². The van der Waals surface area contributed by atoms with Crippen LogP contribution in [0.5, 0.6) is 0 Å². The zero-order valence-electron chi connectivity index (χ0n) is 15.1. The summed E-state index contributed by atoms with van der Waals surface area (Å²) in [4.78, 5) is 0. The maximum absolute atomic E-state index is 5.85. The van der Waals surface area contributed by atoms with E-state index in [1.165, 1.54) is 36.4 Å².